The van der Waals surface area contributed by atoms with Gasteiger partial charge in [-0.25, -0.2) is 26.4 Å². The third kappa shape index (κ3) is 6.97. The van der Waals surface area contributed by atoms with Crippen LogP contribution >= 0.6 is 0 Å². The molecule has 1 aromatic carbocycles. The van der Waals surface area contributed by atoms with Crippen molar-refractivity contribution in [2.45, 2.75) is 36.8 Å². The predicted octanol–water partition coefficient (Wildman–Crippen LogP) is 1.40. The summed E-state index contributed by atoms with van der Waals surface area (Å²) in [4.78, 5) is 23.5. The number of amides is 3. The summed E-state index contributed by atoms with van der Waals surface area (Å²) < 4.78 is 50.0. The summed E-state index contributed by atoms with van der Waals surface area (Å²) in [6.07, 6.45) is 2.78. The normalized spacial score (nSPS) is 12.6. The van der Waals surface area contributed by atoms with Gasteiger partial charge >= 0.3 is 6.03 Å². The molecule has 0 radical (unpaired) electrons. The van der Waals surface area contributed by atoms with E-state index in [1.807, 2.05) is 11.6 Å². The van der Waals surface area contributed by atoms with Crippen molar-refractivity contribution in [3.8, 4) is 0 Å². The highest BCUT2D eigenvalue weighted by molar-refractivity contribution is 7.92. The van der Waals surface area contributed by atoms with Crippen LogP contribution < -0.4 is 15.4 Å². The van der Waals surface area contributed by atoms with Crippen LogP contribution in [0.25, 0.3) is 0 Å². The number of carbonyl (C=O) groups is 2. The van der Waals surface area contributed by atoms with E-state index in [2.05, 4.69) is 17.2 Å². The van der Waals surface area contributed by atoms with Crippen LogP contribution in [0.5, 0.6) is 0 Å². The van der Waals surface area contributed by atoms with E-state index < -0.39 is 37.0 Å². The van der Waals surface area contributed by atoms with E-state index in [4.69, 9.17) is 0 Å². The summed E-state index contributed by atoms with van der Waals surface area (Å²) >= 11 is 0. The number of urea groups is 1. The lowest BCUT2D eigenvalue weighted by atomic mass is 10.3. The van der Waals surface area contributed by atoms with Gasteiger partial charge in [-0.05, 0) is 37.6 Å². The zero-order valence-corrected chi connectivity index (χ0v) is 17.4. The molecule has 1 unspecified atom stereocenters. The largest absolute Gasteiger partial charge is 0.337 e. The SMILES string of the molecule is C=CCS(=O)(=O)C(C)C(=O)Nc1ccc(S(=O)(=O)NC(=O)NCCCC)cc1. The van der Waals surface area contributed by atoms with Crippen molar-refractivity contribution >= 4 is 37.5 Å². The molecule has 156 valence electrons. The topological polar surface area (TPSA) is 139 Å². The molecule has 1 aromatic rings. The molecule has 0 bridgehead atoms. The first-order chi connectivity index (χ1) is 13.0. The number of hydrogen-bond donors (Lipinski definition) is 3. The quantitative estimate of drug-likeness (QED) is 0.378. The van der Waals surface area contributed by atoms with Crippen LogP contribution in [-0.2, 0) is 24.7 Å². The third-order valence-electron chi connectivity index (χ3n) is 3.73. The van der Waals surface area contributed by atoms with Gasteiger partial charge in [0, 0.05) is 12.2 Å². The Morgan fingerprint density at radius 2 is 1.75 bits per heavy atom. The van der Waals surface area contributed by atoms with Crippen LogP contribution in [0.3, 0.4) is 0 Å². The van der Waals surface area contributed by atoms with Crippen LogP contribution in [0.1, 0.15) is 26.7 Å². The minimum absolute atomic E-state index is 0.177. The average molecular weight is 432 g/mol. The number of anilines is 1. The summed E-state index contributed by atoms with van der Waals surface area (Å²) in [7, 11) is -7.74. The lowest BCUT2D eigenvalue weighted by Gasteiger charge is -2.13. The first-order valence-electron chi connectivity index (χ1n) is 8.57. The zero-order valence-electron chi connectivity index (χ0n) is 15.8. The number of carbonyl (C=O) groups excluding carboxylic acids is 2. The molecular weight excluding hydrogens is 406 g/mol. The van der Waals surface area contributed by atoms with Gasteiger partial charge in [0.15, 0.2) is 9.84 Å². The molecule has 0 spiro atoms. The van der Waals surface area contributed by atoms with Crippen LogP contribution in [-0.4, -0.2) is 46.3 Å². The molecule has 0 aliphatic carbocycles. The maximum atomic E-state index is 12.2. The molecule has 0 fully saturated rings. The number of unbranched alkanes of at least 4 members (excludes halogenated alkanes) is 1. The van der Waals surface area contributed by atoms with Crippen molar-refractivity contribution < 1.29 is 26.4 Å². The Morgan fingerprint density at radius 3 is 2.29 bits per heavy atom. The molecule has 9 nitrogen and oxygen atoms in total. The van der Waals surface area contributed by atoms with Gasteiger partial charge in [-0.1, -0.05) is 19.4 Å². The Labute approximate surface area is 165 Å². The van der Waals surface area contributed by atoms with Gasteiger partial charge in [0.05, 0.1) is 10.6 Å². The highest BCUT2D eigenvalue weighted by Gasteiger charge is 2.27. The molecule has 0 aliphatic heterocycles. The second-order valence-corrected chi connectivity index (χ2v) is 10.0. The minimum atomic E-state index is -4.07. The summed E-state index contributed by atoms with van der Waals surface area (Å²) in [6.45, 7) is 6.89. The van der Waals surface area contributed by atoms with Gasteiger partial charge < -0.3 is 10.6 Å². The van der Waals surface area contributed by atoms with Crippen LogP contribution in [0.2, 0.25) is 0 Å². The monoisotopic (exact) mass is 431 g/mol. The summed E-state index contributed by atoms with van der Waals surface area (Å²) in [5, 5.41) is 3.56. The Bertz CT molecular complexity index is 909. The van der Waals surface area contributed by atoms with Gasteiger partial charge in [-0.2, -0.15) is 0 Å². The molecule has 3 N–H and O–H groups in total. The van der Waals surface area contributed by atoms with E-state index in [9.17, 15) is 26.4 Å². The highest BCUT2D eigenvalue weighted by Crippen LogP contribution is 2.15. The first-order valence-corrected chi connectivity index (χ1v) is 11.8. The summed E-state index contributed by atoms with van der Waals surface area (Å²) in [5.41, 5.74) is 0.219. The van der Waals surface area contributed by atoms with E-state index in [0.29, 0.717) is 6.54 Å². The van der Waals surface area contributed by atoms with E-state index >= 15 is 0 Å². The van der Waals surface area contributed by atoms with E-state index in [1.165, 1.54) is 37.3 Å². The standard InChI is InChI=1S/C17H25N3O6S2/c1-4-6-11-18-17(22)20-28(25,26)15-9-7-14(8-10-15)19-16(21)13(3)27(23,24)12-5-2/h5,7-10,13H,2,4,6,11-12H2,1,3H3,(H,19,21)(H2,18,20,22). The molecule has 28 heavy (non-hydrogen) atoms. The Balaban J connectivity index is 2.78. The van der Waals surface area contributed by atoms with Gasteiger partial charge in [-0.15, -0.1) is 6.58 Å². The van der Waals surface area contributed by atoms with Crippen LogP contribution in [0, 0.1) is 0 Å². The lowest BCUT2D eigenvalue weighted by Crippen LogP contribution is -2.39. The molecule has 1 atom stereocenters. The smallest absolute Gasteiger partial charge is 0.328 e. The van der Waals surface area contributed by atoms with Crippen molar-refractivity contribution in [1.29, 1.82) is 0 Å². The number of nitrogens with one attached hydrogen (secondary N) is 3. The highest BCUT2D eigenvalue weighted by atomic mass is 32.2. The average Bonchev–Trinajstić information content (AvgIpc) is 2.61. The fourth-order valence-corrected chi connectivity index (χ4v) is 3.96. The molecule has 3 amide bonds. The van der Waals surface area contributed by atoms with Crippen LogP contribution in [0.15, 0.2) is 41.8 Å². The zero-order chi connectivity index (χ0) is 21.4. The van der Waals surface area contributed by atoms with Crippen LogP contribution in [0.4, 0.5) is 10.5 Å². The number of sulfone groups is 1. The maximum Gasteiger partial charge on any atom is 0.328 e. The molecule has 0 aromatic heterocycles. The second-order valence-electron chi connectivity index (χ2n) is 5.99. The molecule has 1 rings (SSSR count). The molecule has 0 saturated heterocycles. The van der Waals surface area contributed by atoms with Gasteiger partial charge in [-0.3, -0.25) is 4.79 Å². The number of hydrogen-bond acceptors (Lipinski definition) is 6. The minimum Gasteiger partial charge on any atom is -0.337 e. The maximum absolute atomic E-state index is 12.2. The lowest BCUT2D eigenvalue weighted by molar-refractivity contribution is -0.115. The number of benzene rings is 1. The molecular formula is C17H25N3O6S2. The summed E-state index contributed by atoms with van der Waals surface area (Å²) in [6, 6.07) is 4.16. The van der Waals surface area contributed by atoms with Crippen molar-refractivity contribution in [1.82, 2.24) is 10.0 Å². The van der Waals surface area contributed by atoms with Crippen molar-refractivity contribution in [3.05, 3.63) is 36.9 Å². The second kappa shape index (κ2) is 10.2. The molecule has 0 heterocycles. The summed E-state index contributed by atoms with van der Waals surface area (Å²) in [5.74, 6) is -1.07. The van der Waals surface area contributed by atoms with Crippen molar-refractivity contribution in [2.75, 3.05) is 17.6 Å². The van der Waals surface area contributed by atoms with Gasteiger partial charge in [0.1, 0.15) is 5.25 Å². The number of rotatable bonds is 10. The Morgan fingerprint density at radius 1 is 1.14 bits per heavy atom. The predicted molar refractivity (Wildman–Crippen MR) is 107 cm³/mol. The fourth-order valence-electron chi connectivity index (χ4n) is 2.03. The third-order valence-corrected chi connectivity index (χ3v) is 7.07. The van der Waals surface area contributed by atoms with Crippen molar-refractivity contribution in [2.24, 2.45) is 0 Å². The Hall–Kier alpha value is -2.40. The van der Waals surface area contributed by atoms with Gasteiger partial charge in [0.25, 0.3) is 10.0 Å². The molecule has 11 heteroatoms. The van der Waals surface area contributed by atoms with E-state index in [1.54, 1.807) is 0 Å². The molecule has 0 aliphatic rings. The Kier molecular flexibility index (Phi) is 8.64. The number of sulfonamides is 1. The van der Waals surface area contributed by atoms with Gasteiger partial charge in [0.2, 0.25) is 5.91 Å². The molecule has 0 saturated carbocycles. The first kappa shape index (κ1) is 23.6. The van der Waals surface area contributed by atoms with Crippen molar-refractivity contribution in [3.63, 3.8) is 0 Å². The fraction of sp³-hybridized carbons (Fsp3) is 0.412. The van der Waals surface area contributed by atoms with E-state index in [0.717, 1.165) is 12.8 Å². The van der Waals surface area contributed by atoms with E-state index in [-0.39, 0.29) is 16.3 Å².